The van der Waals surface area contributed by atoms with Crippen LogP contribution >= 0.6 is 23.2 Å². The molecule has 0 N–H and O–H groups in total. The van der Waals surface area contributed by atoms with Gasteiger partial charge in [-0.25, -0.2) is 0 Å². The normalized spacial score (nSPS) is 20.6. The topological polar surface area (TPSA) is 29.5 Å². The van der Waals surface area contributed by atoms with Crippen LogP contribution in [0.5, 0.6) is 0 Å². The van der Waals surface area contributed by atoms with Crippen molar-refractivity contribution in [3.05, 3.63) is 69.7 Å². The summed E-state index contributed by atoms with van der Waals surface area (Å²) >= 11 is 12.2. The average molecular weight is 378 g/mol. The highest BCUT2D eigenvalue weighted by Gasteiger charge is 2.39. The van der Waals surface area contributed by atoms with Crippen LogP contribution in [0.15, 0.2) is 48.5 Å². The smallest absolute Gasteiger partial charge is 0.310 e. The van der Waals surface area contributed by atoms with E-state index in [4.69, 9.17) is 27.9 Å². The van der Waals surface area contributed by atoms with Gasteiger partial charge in [-0.15, -0.1) is 0 Å². The van der Waals surface area contributed by atoms with Gasteiger partial charge < -0.3 is 4.74 Å². The van der Waals surface area contributed by atoms with Gasteiger partial charge in [-0.3, -0.25) is 9.69 Å². The van der Waals surface area contributed by atoms with Crippen LogP contribution in [0.2, 0.25) is 10.0 Å². The molecular formula is C20H21Cl2NO2. The standard InChI is InChI=1S/C20H21Cl2NO2/c1-2-25-20(24)17-13-23(11-14-6-4-3-5-7-14)12-16(17)15-8-9-18(21)19(22)10-15/h3-10,16-17H,2,11-13H2,1H3/t16-,17-/m1/s1. The largest absolute Gasteiger partial charge is 0.466 e. The Morgan fingerprint density at radius 3 is 2.56 bits per heavy atom. The molecule has 1 fully saturated rings. The van der Waals surface area contributed by atoms with Crippen LogP contribution in [0.3, 0.4) is 0 Å². The van der Waals surface area contributed by atoms with Crippen molar-refractivity contribution in [1.82, 2.24) is 4.90 Å². The van der Waals surface area contributed by atoms with Crippen molar-refractivity contribution < 1.29 is 9.53 Å². The summed E-state index contributed by atoms with van der Waals surface area (Å²) in [6.07, 6.45) is 0. The third kappa shape index (κ3) is 4.35. The van der Waals surface area contributed by atoms with Crippen LogP contribution < -0.4 is 0 Å². The van der Waals surface area contributed by atoms with Gasteiger partial charge in [0.1, 0.15) is 0 Å². The van der Waals surface area contributed by atoms with Crippen molar-refractivity contribution in [1.29, 1.82) is 0 Å². The van der Waals surface area contributed by atoms with Gasteiger partial charge in [0.25, 0.3) is 0 Å². The predicted molar refractivity (Wildman–Crippen MR) is 101 cm³/mol. The Bertz CT molecular complexity index is 736. The summed E-state index contributed by atoms with van der Waals surface area (Å²) in [5, 5.41) is 1.04. The zero-order valence-electron chi connectivity index (χ0n) is 14.1. The van der Waals surface area contributed by atoms with E-state index in [2.05, 4.69) is 17.0 Å². The molecule has 0 radical (unpaired) electrons. The maximum atomic E-state index is 12.5. The van der Waals surface area contributed by atoms with E-state index < -0.39 is 0 Å². The lowest BCUT2D eigenvalue weighted by atomic mass is 9.89. The molecule has 0 bridgehead atoms. The lowest BCUT2D eigenvalue weighted by Crippen LogP contribution is -2.25. The van der Waals surface area contributed by atoms with Crippen LogP contribution in [0, 0.1) is 5.92 Å². The van der Waals surface area contributed by atoms with Crippen molar-refractivity contribution in [2.24, 2.45) is 5.92 Å². The Balaban J connectivity index is 1.82. The van der Waals surface area contributed by atoms with Gasteiger partial charge in [0.05, 0.1) is 22.6 Å². The fourth-order valence-corrected chi connectivity index (χ4v) is 3.73. The number of hydrogen-bond acceptors (Lipinski definition) is 3. The van der Waals surface area contributed by atoms with Crippen molar-refractivity contribution >= 4 is 29.2 Å². The van der Waals surface area contributed by atoms with Crippen LogP contribution in [0.4, 0.5) is 0 Å². The van der Waals surface area contributed by atoms with Crippen molar-refractivity contribution in [2.75, 3.05) is 19.7 Å². The third-order valence-electron chi connectivity index (χ3n) is 4.61. The first kappa shape index (κ1) is 18.2. The molecule has 1 aliphatic heterocycles. The average Bonchev–Trinajstić information content (AvgIpc) is 3.02. The number of rotatable bonds is 5. The number of benzene rings is 2. The van der Waals surface area contributed by atoms with Gasteiger partial charge in [0, 0.05) is 25.6 Å². The number of likely N-dealkylation sites (tertiary alicyclic amines) is 1. The molecule has 1 aliphatic rings. The summed E-state index contributed by atoms with van der Waals surface area (Å²) in [4.78, 5) is 14.8. The van der Waals surface area contributed by atoms with Crippen LogP contribution in [-0.4, -0.2) is 30.6 Å². The Labute approximate surface area is 158 Å². The first-order valence-electron chi connectivity index (χ1n) is 8.46. The number of carbonyl (C=O) groups is 1. The Kier molecular flexibility index (Phi) is 6.00. The molecule has 5 heteroatoms. The van der Waals surface area contributed by atoms with Crippen molar-refractivity contribution in [3.63, 3.8) is 0 Å². The molecule has 132 valence electrons. The molecule has 2 atom stereocenters. The molecule has 0 saturated carbocycles. The first-order valence-corrected chi connectivity index (χ1v) is 9.22. The minimum Gasteiger partial charge on any atom is -0.466 e. The number of hydrogen-bond donors (Lipinski definition) is 0. The van der Waals surface area contributed by atoms with Crippen LogP contribution in [-0.2, 0) is 16.1 Å². The number of esters is 1. The molecule has 0 spiro atoms. The summed E-state index contributed by atoms with van der Waals surface area (Å²) in [7, 11) is 0. The quantitative estimate of drug-likeness (QED) is 0.702. The molecule has 1 heterocycles. The second kappa shape index (κ2) is 8.22. The molecule has 3 rings (SSSR count). The SMILES string of the molecule is CCOC(=O)[C@@H]1CN(Cc2ccccc2)C[C@@H]1c1ccc(Cl)c(Cl)c1. The van der Waals surface area contributed by atoms with Crippen molar-refractivity contribution in [3.8, 4) is 0 Å². The zero-order valence-corrected chi connectivity index (χ0v) is 15.6. The molecule has 3 nitrogen and oxygen atoms in total. The van der Waals surface area contributed by atoms with E-state index in [-0.39, 0.29) is 17.8 Å². The highest BCUT2D eigenvalue weighted by atomic mass is 35.5. The van der Waals surface area contributed by atoms with E-state index in [1.54, 1.807) is 6.07 Å². The lowest BCUT2D eigenvalue weighted by molar-refractivity contribution is -0.148. The maximum absolute atomic E-state index is 12.5. The van der Waals surface area contributed by atoms with E-state index in [0.29, 0.717) is 23.2 Å². The summed E-state index contributed by atoms with van der Waals surface area (Å²) in [6, 6.07) is 15.9. The molecule has 0 aliphatic carbocycles. The van der Waals surface area contributed by atoms with E-state index in [1.165, 1.54) is 5.56 Å². The van der Waals surface area contributed by atoms with E-state index in [1.807, 2.05) is 37.3 Å². The van der Waals surface area contributed by atoms with E-state index >= 15 is 0 Å². The summed E-state index contributed by atoms with van der Waals surface area (Å²) in [6.45, 7) is 4.51. The van der Waals surface area contributed by atoms with E-state index in [9.17, 15) is 4.79 Å². The minimum atomic E-state index is -0.194. The molecule has 25 heavy (non-hydrogen) atoms. The van der Waals surface area contributed by atoms with Crippen LogP contribution in [0.25, 0.3) is 0 Å². The lowest BCUT2D eigenvalue weighted by Gasteiger charge is -2.18. The monoisotopic (exact) mass is 377 g/mol. The molecule has 2 aromatic carbocycles. The third-order valence-corrected chi connectivity index (χ3v) is 5.34. The summed E-state index contributed by atoms with van der Waals surface area (Å²) < 4.78 is 5.31. The number of nitrogens with zero attached hydrogens (tertiary/aromatic N) is 1. The van der Waals surface area contributed by atoms with Crippen LogP contribution in [0.1, 0.15) is 24.0 Å². The van der Waals surface area contributed by atoms with Gasteiger partial charge in [-0.05, 0) is 30.2 Å². The first-order chi connectivity index (χ1) is 12.1. The highest BCUT2D eigenvalue weighted by molar-refractivity contribution is 6.42. The number of ether oxygens (including phenoxy) is 1. The summed E-state index contributed by atoms with van der Waals surface area (Å²) in [5.74, 6) is -0.285. The Hall–Kier alpha value is -1.55. The van der Waals surface area contributed by atoms with Gasteiger partial charge in [0.2, 0.25) is 0 Å². The second-order valence-corrected chi connectivity index (χ2v) is 7.13. The van der Waals surface area contributed by atoms with Gasteiger partial charge in [-0.1, -0.05) is 59.6 Å². The fourth-order valence-electron chi connectivity index (χ4n) is 3.42. The number of halogens is 2. The molecular weight excluding hydrogens is 357 g/mol. The summed E-state index contributed by atoms with van der Waals surface area (Å²) in [5.41, 5.74) is 2.27. The van der Waals surface area contributed by atoms with E-state index in [0.717, 1.165) is 18.7 Å². The molecule has 2 aromatic rings. The highest BCUT2D eigenvalue weighted by Crippen LogP contribution is 2.36. The van der Waals surface area contributed by atoms with Gasteiger partial charge >= 0.3 is 5.97 Å². The Morgan fingerprint density at radius 2 is 1.88 bits per heavy atom. The predicted octanol–water partition coefficient (Wildman–Crippen LogP) is 4.77. The molecule has 0 unspecified atom stereocenters. The Morgan fingerprint density at radius 1 is 1.12 bits per heavy atom. The van der Waals surface area contributed by atoms with Gasteiger partial charge in [-0.2, -0.15) is 0 Å². The second-order valence-electron chi connectivity index (χ2n) is 6.32. The van der Waals surface area contributed by atoms with Crippen molar-refractivity contribution in [2.45, 2.75) is 19.4 Å². The maximum Gasteiger partial charge on any atom is 0.310 e. The minimum absolute atomic E-state index is 0.0533. The number of carbonyl (C=O) groups excluding carboxylic acids is 1. The molecule has 1 saturated heterocycles. The fraction of sp³-hybridized carbons (Fsp3) is 0.350. The van der Waals surface area contributed by atoms with Gasteiger partial charge in [0.15, 0.2) is 0 Å². The zero-order chi connectivity index (χ0) is 17.8. The molecule has 0 amide bonds. The molecule has 0 aromatic heterocycles.